The third kappa shape index (κ3) is 5.84. The molecule has 0 atom stereocenters. The normalized spacial score (nSPS) is 14.3. The lowest BCUT2D eigenvalue weighted by atomic mass is 10.1. The standard InChI is InChI=1S/C28H33FN8OS/c1-5-35(6-2)28-32-22-9-7-19(15-23(22)39-28)25-21(29)17-31-27(34-25)33-24-10-8-20(16-30-24)26(38)37-13-11-36(12-14-37)18(3)4/h7-10,15-18H,5-6,11-14H2,1-4H3,(H,30,31,33,34). The van der Waals surface area contributed by atoms with Gasteiger partial charge in [-0.3, -0.25) is 9.69 Å². The van der Waals surface area contributed by atoms with Crippen LogP contribution in [0.5, 0.6) is 0 Å². The smallest absolute Gasteiger partial charge is 0.255 e. The molecule has 1 aliphatic heterocycles. The molecule has 1 N–H and O–H groups in total. The molecule has 1 aromatic carbocycles. The van der Waals surface area contributed by atoms with E-state index >= 15 is 0 Å². The molecule has 4 heterocycles. The minimum atomic E-state index is -0.514. The Morgan fingerprint density at radius 3 is 2.49 bits per heavy atom. The lowest BCUT2D eigenvalue weighted by Crippen LogP contribution is -2.50. The van der Waals surface area contributed by atoms with Gasteiger partial charge in [0.05, 0.1) is 22.0 Å². The molecule has 0 radical (unpaired) electrons. The molecule has 9 nitrogen and oxygen atoms in total. The quantitative estimate of drug-likeness (QED) is 0.327. The maximum Gasteiger partial charge on any atom is 0.255 e. The summed E-state index contributed by atoms with van der Waals surface area (Å²) < 4.78 is 15.8. The highest BCUT2D eigenvalue weighted by Crippen LogP contribution is 2.32. The molecule has 1 amide bonds. The highest BCUT2D eigenvalue weighted by atomic mass is 32.1. The van der Waals surface area contributed by atoms with Crippen molar-refractivity contribution in [3.8, 4) is 11.3 Å². The van der Waals surface area contributed by atoms with Crippen LogP contribution in [0, 0.1) is 5.82 Å². The third-order valence-electron chi connectivity index (χ3n) is 7.01. The van der Waals surface area contributed by atoms with Crippen LogP contribution in [0.4, 0.5) is 21.3 Å². The molecule has 4 aromatic rings. The molecule has 0 saturated carbocycles. The van der Waals surface area contributed by atoms with Gasteiger partial charge in [-0.05, 0) is 52.0 Å². The number of hydrogen-bond acceptors (Lipinski definition) is 9. The van der Waals surface area contributed by atoms with E-state index in [0.29, 0.717) is 36.1 Å². The Labute approximate surface area is 231 Å². The largest absolute Gasteiger partial charge is 0.349 e. The molecule has 11 heteroatoms. The summed E-state index contributed by atoms with van der Waals surface area (Å²) in [7, 11) is 0. The first-order valence-corrected chi connectivity index (χ1v) is 14.1. The molecular formula is C28H33FN8OS. The van der Waals surface area contributed by atoms with Gasteiger partial charge >= 0.3 is 0 Å². The van der Waals surface area contributed by atoms with Crippen molar-refractivity contribution in [1.29, 1.82) is 0 Å². The number of piperazine rings is 1. The van der Waals surface area contributed by atoms with Crippen LogP contribution in [0.15, 0.2) is 42.7 Å². The first-order chi connectivity index (χ1) is 18.9. The average molecular weight is 549 g/mol. The molecule has 1 aliphatic rings. The number of benzene rings is 1. The maximum absolute atomic E-state index is 14.8. The van der Waals surface area contributed by atoms with Crippen LogP contribution in [-0.2, 0) is 0 Å². The van der Waals surface area contributed by atoms with E-state index in [1.54, 1.807) is 29.7 Å². The van der Waals surface area contributed by atoms with Gasteiger partial charge in [-0.15, -0.1) is 0 Å². The summed E-state index contributed by atoms with van der Waals surface area (Å²) in [6.07, 6.45) is 2.70. The van der Waals surface area contributed by atoms with Gasteiger partial charge in [0.1, 0.15) is 11.5 Å². The van der Waals surface area contributed by atoms with Crippen molar-refractivity contribution in [3.63, 3.8) is 0 Å². The number of anilines is 3. The first kappa shape index (κ1) is 26.9. The number of halogens is 1. The van der Waals surface area contributed by atoms with Crippen LogP contribution in [-0.4, -0.2) is 81.0 Å². The van der Waals surface area contributed by atoms with E-state index in [4.69, 9.17) is 4.98 Å². The number of rotatable bonds is 8. The second-order valence-electron chi connectivity index (χ2n) is 9.72. The minimum Gasteiger partial charge on any atom is -0.349 e. The van der Waals surface area contributed by atoms with Gasteiger partial charge in [0.2, 0.25) is 5.95 Å². The number of pyridine rings is 1. The predicted octanol–water partition coefficient (Wildman–Crippen LogP) is 5.04. The van der Waals surface area contributed by atoms with Gasteiger partial charge in [-0.1, -0.05) is 17.4 Å². The Bertz CT molecular complexity index is 1450. The van der Waals surface area contributed by atoms with Gasteiger partial charge in [0.15, 0.2) is 10.9 Å². The average Bonchev–Trinajstić information content (AvgIpc) is 3.38. The van der Waals surface area contributed by atoms with E-state index in [2.05, 4.69) is 57.8 Å². The summed E-state index contributed by atoms with van der Waals surface area (Å²) in [5.41, 5.74) is 2.24. The van der Waals surface area contributed by atoms with Crippen LogP contribution in [0.3, 0.4) is 0 Å². The zero-order chi connectivity index (χ0) is 27.5. The SMILES string of the molecule is CCN(CC)c1nc2ccc(-c3nc(Nc4ccc(C(=O)N5CCN(C(C)C)CC5)cn4)ncc3F)cc2s1. The Hall–Kier alpha value is -3.70. The Kier molecular flexibility index (Phi) is 7.99. The number of thiazole rings is 1. The number of fused-ring (bicyclic) bond motifs is 1. The zero-order valence-corrected chi connectivity index (χ0v) is 23.5. The topological polar surface area (TPSA) is 90.4 Å². The molecule has 5 rings (SSSR count). The fourth-order valence-corrected chi connectivity index (χ4v) is 5.78. The second kappa shape index (κ2) is 11.6. The number of amides is 1. The van der Waals surface area contributed by atoms with Crippen LogP contribution < -0.4 is 10.2 Å². The number of carbonyl (C=O) groups is 1. The van der Waals surface area contributed by atoms with E-state index in [1.165, 1.54) is 0 Å². The lowest BCUT2D eigenvalue weighted by Gasteiger charge is -2.36. The van der Waals surface area contributed by atoms with Gasteiger partial charge in [-0.25, -0.2) is 24.3 Å². The fourth-order valence-electron chi connectivity index (χ4n) is 4.65. The number of hydrogen-bond donors (Lipinski definition) is 1. The maximum atomic E-state index is 14.8. The van der Waals surface area contributed by atoms with E-state index in [0.717, 1.165) is 47.7 Å². The van der Waals surface area contributed by atoms with Crippen LogP contribution >= 0.6 is 11.3 Å². The van der Waals surface area contributed by atoms with E-state index < -0.39 is 5.82 Å². The van der Waals surface area contributed by atoms with E-state index in [1.807, 2.05) is 23.1 Å². The number of nitrogens with one attached hydrogen (secondary N) is 1. The highest BCUT2D eigenvalue weighted by molar-refractivity contribution is 7.22. The van der Waals surface area contributed by atoms with Crippen LogP contribution in [0.25, 0.3) is 21.5 Å². The molecule has 1 fully saturated rings. The molecular weight excluding hydrogens is 515 g/mol. The van der Waals surface area contributed by atoms with Gasteiger partial charge < -0.3 is 15.1 Å². The molecule has 0 aliphatic carbocycles. The molecule has 0 unspecified atom stereocenters. The summed E-state index contributed by atoms with van der Waals surface area (Å²) in [6, 6.07) is 9.55. The number of nitrogens with zero attached hydrogens (tertiary/aromatic N) is 7. The summed E-state index contributed by atoms with van der Waals surface area (Å²) in [5, 5.41) is 3.98. The summed E-state index contributed by atoms with van der Waals surface area (Å²) >= 11 is 1.58. The Morgan fingerprint density at radius 2 is 1.82 bits per heavy atom. The fraction of sp³-hybridized carbons (Fsp3) is 0.393. The summed E-state index contributed by atoms with van der Waals surface area (Å²) in [6.45, 7) is 13.4. The van der Waals surface area contributed by atoms with Crippen molar-refractivity contribution in [2.45, 2.75) is 33.7 Å². The van der Waals surface area contributed by atoms with E-state index in [9.17, 15) is 9.18 Å². The van der Waals surface area contributed by atoms with Crippen molar-refractivity contribution in [3.05, 3.63) is 54.1 Å². The third-order valence-corrected chi connectivity index (χ3v) is 8.09. The predicted molar refractivity (Wildman–Crippen MR) is 154 cm³/mol. The Balaban J connectivity index is 1.30. The van der Waals surface area contributed by atoms with E-state index in [-0.39, 0.29) is 17.5 Å². The molecule has 3 aromatic heterocycles. The number of aromatic nitrogens is 4. The summed E-state index contributed by atoms with van der Waals surface area (Å²) in [5.74, 6) is 0.145. The number of carbonyl (C=O) groups excluding carboxylic acids is 1. The Morgan fingerprint density at radius 1 is 1.05 bits per heavy atom. The molecule has 39 heavy (non-hydrogen) atoms. The van der Waals surface area contributed by atoms with Crippen molar-refractivity contribution in [2.75, 3.05) is 49.5 Å². The first-order valence-electron chi connectivity index (χ1n) is 13.3. The van der Waals surface area contributed by atoms with Crippen molar-refractivity contribution in [2.24, 2.45) is 0 Å². The van der Waals surface area contributed by atoms with Gasteiger partial charge in [0, 0.05) is 57.1 Å². The van der Waals surface area contributed by atoms with Gasteiger partial charge in [-0.2, -0.15) is 0 Å². The second-order valence-corrected chi connectivity index (χ2v) is 10.7. The lowest BCUT2D eigenvalue weighted by molar-refractivity contribution is 0.0595. The monoisotopic (exact) mass is 548 g/mol. The minimum absolute atomic E-state index is 0.0274. The highest BCUT2D eigenvalue weighted by Gasteiger charge is 2.23. The van der Waals surface area contributed by atoms with Crippen LogP contribution in [0.1, 0.15) is 38.1 Å². The summed E-state index contributed by atoms with van der Waals surface area (Å²) in [4.78, 5) is 37.0. The molecule has 204 valence electrons. The van der Waals surface area contributed by atoms with Crippen molar-refractivity contribution in [1.82, 2.24) is 29.7 Å². The van der Waals surface area contributed by atoms with Crippen molar-refractivity contribution < 1.29 is 9.18 Å². The molecule has 0 bridgehead atoms. The molecule has 1 saturated heterocycles. The molecule has 0 spiro atoms. The van der Waals surface area contributed by atoms with Gasteiger partial charge in [0.25, 0.3) is 5.91 Å². The van der Waals surface area contributed by atoms with Crippen LogP contribution in [0.2, 0.25) is 0 Å². The zero-order valence-electron chi connectivity index (χ0n) is 22.7. The van der Waals surface area contributed by atoms with Crippen molar-refractivity contribution >= 4 is 44.4 Å².